The molecular formula is C21H33NOS. The van der Waals surface area contributed by atoms with Gasteiger partial charge in [-0.1, -0.05) is 76.7 Å². The highest BCUT2D eigenvalue weighted by Gasteiger charge is 2.05. The smallest absolute Gasteiger partial charge is 0.172 e. The van der Waals surface area contributed by atoms with Crippen LogP contribution in [0.25, 0.3) is 0 Å². The quantitative estimate of drug-likeness (QED) is 0.232. The predicted molar refractivity (Wildman–Crippen MR) is 104 cm³/mol. The summed E-state index contributed by atoms with van der Waals surface area (Å²) in [7, 11) is 0. The molecule has 0 aliphatic rings. The molecule has 0 spiro atoms. The van der Waals surface area contributed by atoms with Crippen molar-refractivity contribution in [2.24, 2.45) is 0 Å². The van der Waals surface area contributed by atoms with E-state index in [-0.39, 0.29) is 0 Å². The highest BCUT2D eigenvalue weighted by atomic mass is 32.1. The first-order chi connectivity index (χ1) is 11.8. The third-order valence-corrected chi connectivity index (χ3v) is 5.40. The number of carbonyl (C=O) groups is 1. The van der Waals surface area contributed by atoms with Crippen LogP contribution < -0.4 is 0 Å². The number of carbonyl (C=O) groups excluding carboxylic acids is 1. The van der Waals surface area contributed by atoms with Gasteiger partial charge in [-0.05, 0) is 24.3 Å². The lowest BCUT2D eigenvalue weighted by Gasteiger charge is -2.03. The molecule has 0 unspecified atom stereocenters. The fourth-order valence-electron chi connectivity index (χ4n) is 2.99. The summed E-state index contributed by atoms with van der Waals surface area (Å²) in [6.45, 7) is 0. The van der Waals surface area contributed by atoms with Gasteiger partial charge in [-0.2, -0.15) is 5.26 Å². The summed E-state index contributed by atoms with van der Waals surface area (Å²) in [6, 6.07) is 6.09. The summed E-state index contributed by atoms with van der Waals surface area (Å²) in [4.78, 5) is 12.8. The number of ketones is 1. The van der Waals surface area contributed by atoms with Crippen molar-refractivity contribution in [2.45, 2.75) is 96.3 Å². The number of Topliss-reactive ketones (excluding diaryl/α,β-unsaturated/α-hetero) is 1. The van der Waals surface area contributed by atoms with Gasteiger partial charge in [0.15, 0.2) is 5.78 Å². The van der Waals surface area contributed by atoms with Crippen molar-refractivity contribution in [1.29, 1.82) is 5.26 Å². The minimum absolute atomic E-state index is 0.317. The van der Waals surface area contributed by atoms with Crippen LogP contribution in [0.2, 0.25) is 0 Å². The van der Waals surface area contributed by atoms with E-state index in [1.54, 1.807) is 11.3 Å². The SMILES string of the molecule is N#CCCCCCCCCCCCCCCCC(=O)c1cccs1. The second kappa shape index (κ2) is 15.4. The van der Waals surface area contributed by atoms with E-state index in [9.17, 15) is 4.79 Å². The molecule has 1 aromatic heterocycles. The lowest BCUT2D eigenvalue weighted by Crippen LogP contribution is -1.95. The Balaban J connectivity index is 1.75. The molecule has 0 aliphatic carbocycles. The average molecular weight is 348 g/mol. The highest BCUT2D eigenvalue weighted by molar-refractivity contribution is 7.12. The van der Waals surface area contributed by atoms with Crippen LogP contribution in [0.3, 0.4) is 0 Å². The van der Waals surface area contributed by atoms with Crippen LogP contribution >= 0.6 is 11.3 Å². The highest BCUT2D eigenvalue weighted by Crippen LogP contribution is 2.16. The maximum absolute atomic E-state index is 11.8. The van der Waals surface area contributed by atoms with E-state index in [1.165, 1.54) is 70.6 Å². The number of rotatable bonds is 16. The molecule has 0 bridgehead atoms. The van der Waals surface area contributed by atoms with Crippen molar-refractivity contribution in [2.75, 3.05) is 0 Å². The van der Waals surface area contributed by atoms with Gasteiger partial charge in [-0.25, -0.2) is 0 Å². The van der Waals surface area contributed by atoms with E-state index in [0.29, 0.717) is 5.78 Å². The maximum atomic E-state index is 11.8. The second-order valence-corrected chi connectivity index (χ2v) is 7.60. The summed E-state index contributed by atoms with van der Waals surface area (Å²) in [6.07, 6.45) is 18.0. The molecule has 0 aromatic carbocycles. The minimum atomic E-state index is 0.317. The van der Waals surface area contributed by atoms with E-state index >= 15 is 0 Å². The number of hydrogen-bond acceptors (Lipinski definition) is 3. The van der Waals surface area contributed by atoms with Gasteiger partial charge in [0.25, 0.3) is 0 Å². The number of thiophene rings is 1. The molecule has 0 saturated heterocycles. The molecule has 0 fully saturated rings. The van der Waals surface area contributed by atoms with E-state index in [2.05, 4.69) is 6.07 Å². The molecule has 0 aliphatic heterocycles. The second-order valence-electron chi connectivity index (χ2n) is 6.65. The summed E-state index contributed by atoms with van der Waals surface area (Å²) >= 11 is 1.56. The zero-order chi connectivity index (χ0) is 17.3. The Hall–Kier alpha value is -1.14. The monoisotopic (exact) mass is 347 g/mol. The van der Waals surface area contributed by atoms with Crippen LogP contribution in [0.15, 0.2) is 17.5 Å². The molecule has 0 amide bonds. The van der Waals surface area contributed by atoms with E-state index < -0.39 is 0 Å². The van der Waals surface area contributed by atoms with E-state index in [0.717, 1.165) is 30.6 Å². The number of nitrogens with zero attached hydrogens (tertiary/aromatic N) is 1. The Morgan fingerprint density at radius 1 is 0.833 bits per heavy atom. The van der Waals surface area contributed by atoms with Crippen molar-refractivity contribution in [1.82, 2.24) is 0 Å². The molecule has 3 heteroatoms. The molecule has 0 saturated carbocycles. The largest absolute Gasteiger partial charge is 0.293 e. The van der Waals surface area contributed by atoms with Gasteiger partial charge < -0.3 is 0 Å². The zero-order valence-electron chi connectivity index (χ0n) is 15.1. The van der Waals surface area contributed by atoms with Crippen LogP contribution in [0, 0.1) is 11.3 Å². The van der Waals surface area contributed by atoms with Gasteiger partial charge in [0.2, 0.25) is 0 Å². The third kappa shape index (κ3) is 11.4. The topological polar surface area (TPSA) is 40.9 Å². The molecule has 134 valence electrons. The Morgan fingerprint density at radius 2 is 1.33 bits per heavy atom. The van der Waals surface area contributed by atoms with Crippen molar-refractivity contribution in [3.63, 3.8) is 0 Å². The fourth-order valence-corrected chi connectivity index (χ4v) is 3.69. The molecule has 1 aromatic rings. The van der Waals surface area contributed by atoms with Crippen LogP contribution in [0.4, 0.5) is 0 Å². The summed E-state index contributed by atoms with van der Waals surface area (Å²) in [5.41, 5.74) is 0. The van der Waals surface area contributed by atoms with Gasteiger partial charge in [-0.3, -0.25) is 4.79 Å². The Bertz CT molecular complexity index is 447. The molecular weight excluding hydrogens is 314 g/mol. The van der Waals surface area contributed by atoms with Gasteiger partial charge in [0, 0.05) is 12.8 Å². The first-order valence-electron chi connectivity index (χ1n) is 9.78. The van der Waals surface area contributed by atoms with Gasteiger partial charge >= 0.3 is 0 Å². The fraction of sp³-hybridized carbons (Fsp3) is 0.714. The summed E-state index contributed by atoms with van der Waals surface area (Å²) in [5, 5.41) is 10.4. The lowest BCUT2D eigenvalue weighted by atomic mass is 10.0. The molecule has 2 nitrogen and oxygen atoms in total. The number of nitriles is 1. The zero-order valence-corrected chi connectivity index (χ0v) is 15.9. The average Bonchev–Trinajstić information content (AvgIpc) is 3.13. The summed E-state index contributed by atoms with van der Waals surface area (Å²) in [5.74, 6) is 0.317. The first kappa shape index (κ1) is 20.9. The van der Waals surface area contributed by atoms with Crippen molar-refractivity contribution >= 4 is 17.1 Å². The Kier molecular flexibility index (Phi) is 13.4. The van der Waals surface area contributed by atoms with Crippen molar-refractivity contribution < 1.29 is 4.79 Å². The molecule has 1 rings (SSSR count). The minimum Gasteiger partial charge on any atom is -0.293 e. The number of hydrogen-bond donors (Lipinski definition) is 0. The molecule has 0 N–H and O–H groups in total. The van der Waals surface area contributed by atoms with Crippen molar-refractivity contribution in [3.05, 3.63) is 22.4 Å². The Morgan fingerprint density at radius 3 is 1.79 bits per heavy atom. The standard InChI is InChI=1S/C21H33NOS/c22-18-14-12-10-8-6-4-2-1-3-5-7-9-11-13-16-20(23)21-17-15-19-24-21/h15,17,19H,1-14,16H2. The Labute approximate surface area is 152 Å². The number of unbranched alkanes of at least 4 members (excludes halogenated alkanes) is 13. The molecule has 0 atom stereocenters. The predicted octanol–water partition coefficient (Wildman–Crippen LogP) is 7.31. The van der Waals surface area contributed by atoms with E-state index in [4.69, 9.17) is 5.26 Å². The van der Waals surface area contributed by atoms with Gasteiger partial charge in [-0.15, -0.1) is 11.3 Å². The molecule has 1 heterocycles. The van der Waals surface area contributed by atoms with E-state index in [1.807, 2.05) is 17.5 Å². The van der Waals surface area contributed by atoms with Crippen LogP contribution in [0.5, 0.6) is 0 Å². The third-order valence-electron chi connectivity index (χ3n) is 4.49. The first-order valence-corrected chi connectivity index (χ1v) is 10.7. The van der Waals surface area contributed by atoms with Gasteiger partial charge in [0.05, 0.1) is 10.9 Å². The molecule has 24 heavy (non-hydrogen) atoms. The lowest BCUT2D eigenvalue weighted by molar-refractivity contribution is 0.0983. The van der Waals surface area contributed by atoms with Crippen molar-refractivity contribution in [3.8, 4) is 6.07 Å². The van der Waals surface area contributed by atoms with Crippen LogP contribution in [0.1, 0.15) is 106 Å². The van der Waals surface area contributed by atoms with Crippen LogP contribution in [-0.2, 0) is 0 Å². The summed E-state index contributed by atoms with van der Waals surface area (Å²) < 4.78 is 0. The van der Waals surface area contributed by atoms with Gasteiger partial charge in [0.1, 0.15) is 0 Å². The molecule has 0 radical (unpaired) electrons. The maximum Gasteiger partial charge on any atom is 0.172 e. The van der Waals surface area contributed by atoms with Crippen LogP contribution in [-0.4, -0.2) is 5.78 Å². The normalized spacial score (nSPS) is 10.6.